The van der Waals surface area contributed by atoms with Crippen LogP contribution < -0.4 is 5.46 Å². The first-order valence-electron chi connectivity index (χ1n) is 16.5. The van der Waals surface area contributed by atoms with E-state index in [1.165, 1.54) is 0 Å². The highest BCUT2D eigenvalue weighted by molar-refractivity contribution is 6.39. The third-order valence-electron chi connectivity index (χ3n) is 10.4. The number of rotatable bonds is 3. The van der Waals surface area contributed by atoms with Crippen molar-refractivity contribution in [3.05, 3.63) is 0 Å². The molecular weight excluding hydrogens is 839 g/mol. The lowest BCUT2D eigenvalue weighted by Crippen LogP contribution is -2.08. The molecule has 23 N–H and O–H groups in total. The van der Waals surface area contributed by atoms with Gasteiger partial charge in [-0.25, -0.2) is 0 Å². The molecule has 0 aliphatic heterocycles. The van der Waals surface area contributed by atoms with Crippen LogP contribution >= 0.6 is 0 Å². The zero-order valence-electron chi connectivity index (χ0n) is 29.8. The van der Waals surface area contributed by atoms with Crippen LogP contribution in [0, 0.1) is 0 Å². The number of phenolic OH excluding ortho intramolecular Hbond substituents is 23. The summed E-state index contributed by atoms with van der Waals surface area (Å²) in [4.78, 5) is 0. The summed E-state index contributed by atoms with van der Waals surface area (Å²) in [5.74, 6) is -37.5. The number of phenols is 23. The molecule has 0 saturated carbocycles. The second-order valence-electron chi connectivity index (χ2n) is 13.4. The lowest BCUT2D eigenvalue weighted by Gasteiger charge is -2.24. The molecule has 0 aliphatic rings. The van der Waals surface area contributed by atoms with Gasteiger partial charge in [0.05, 0.1) is 32.7 Å². The molecule has 2 heterocycles. The molecule has 0 bridgehead atoms. The quantitative estimate of drug-likeness (QED) is 0.0680. The molecule has 25 nitrogen and oxygen atoms in total. The number of aromatic hydroxyl groups is 23. The zero-order valence-corrected chi connectivity index (χ0v) is 29.8. The third-order valence-corrected chi connectivity index (χ3v) is 10.4. The summed E-state index contributed by atoms with van der Waals surface area (Å²) < 4.78 is 0.225. The van der Waals surface area contributed by atoms with Gasteiger partial charge in [-0.2, -0.15) is 0 Å². The molecule has 0 amide bonds. The smallest absolute Gasteiger partial charge is 0.206 e. The Labute approximate surface area is 338 Å². The molecule has 2 aromatic heterocycles. The SMILES string of the molecule is [B]c1c(O)c(O)c2c3c(O)c(O)c(O)c(O)c3n(-c3c(O)c(O)c(O)c(O)c3-c3c(O)c(O)c(O)c(O)c3-n3c4c(O)c(O)c(O)c(O)c4c4c(O)c(O)c(O)c(O)c43)c2c1O. The average Bonchev–Trinajstić information content (AvgIpc) is 3.79. The first-order chi connectivity index (χ1) is 28.9. The summed E-state index contributed by atoms with van der Waals surface area (Å²) in [5, 5.41) is 250. The maximum Gasteiger partial charge on any atom is 0.206 e. The molecule has 0 saturated heterocycles. The molecular formula is C36H23BN2O23. The number of hydrogen-bond donors (Lipinski definition) is 23. The summed E-state index contributed by atoms with van der Waals surface area (Å²) in [7, 11) is 5.80. The third kappa shape index (κ3) is 4.23. The fourth-order valence-electron chi connectivity index (χ4n) is 7.54. The number of fused-ring (bicyclic) bond motifs is 6. The van der Waals surface area contributed by atoms with Gasteiger partial charge in [0.2, 0.25) is 57.5 Å². The highest BCUT2D eigenvalue weighted by Crippen LogP contribution is 2.66. The summed E-state index contributed by atoms with van der Waals surface area (Å²) in [6, 6.07) is 0. The largest absolute Gasteiger partial charge is 0.506 e. The van der Waals surface area contributed by atoms with Crippen molar-refractivity contribution in [2.24, 2.45) is 0 Å². The molecule has 8 rings (SSSR count). The van der Waals surface area contributed by atoms with Crippen LogP contribution in [0.2, 0.25) is 0 Å². The van der Waals surface area contributed by atoms with Gasteiger partial charge in [-0.1, -0.05) is 0 Å². The van der Waals surface area contributed by atoms with Crippen molar-refractivity contribution in [3.63, 3.8) is 0 Å². The van der Waals surface area contributed by atoms with Crippen LogP contribution in [0.3, 0.4) is 0 Å². The first-order valence-corrected chi connectivity index (χ1v) is 16.5. The number of nitrogens with zero attached hydrogens (tertiary/aromatic N) is 2. The van der Waals surface area contributed by atoms with Crippen LogP contribution in [0.1, 0.15) is 0 Å². The summed E-state index contributed by atoms with van der Waals surface area (Å²) >= 11 is 0. The topological polar surface area (TPSA) is 475 Å². The minimum atomic E-state index is -1.85. The Hall–Kier alpha value is -9.62. The standard InChI is InChI=1S/C36H23BN2O23/c37-7-20(46)8-1(14(40)21(7)47)2-9(22(48)32(58)27(53)15(2)41)38(8)10-3(16(42)28(54)33(59)23(10)49)4-11(24(50)34(60)29(55)17(4)43)39-12-5(18(44)30(56)35(61)25(12)51)6-13(39)26(52)36(62)31(57)19(6)45/h40-62H. The maximum absolute atomic E-state index is 11.7. The summed E-state index contributed by atoms with van der Waals surface area (Å²) in [6.45, 7) is 0. The Balaban J connectivity index is 1.76. The van der Waals surface area contributed by atoms with Crippen molar-refractivity contribution in [1.29, 1.82) is 0 Å². The minimum Gasteiger partial charge on any atom is -0.506 e. The van der Waals surface area contributed by atoms with Gasteiger partial charge in [0.15, 0.2) is 69.0 Å². The minimum absolute atomic E-state index is 0.0825. The van der Waals surface area contributed by atoms with Gasteiger partial charge in [0, 0.05) is 0 Å². The molecule has 2 radical (unpaired) electrons. The van der Waals surface area contributed by atoms with Gasteiger partial charge < -0.3 is 117 Å². The Morgan fingerprint density at radius 1 is 0.210 bits per heavy atom. The van der Waals surface area contributed by atoms with E-state index in [1.807, 2.05) is 0 Å². The Kier molecular flexibility index (Phi) is 7.57. The van der Waals surface area contributed by atoms with E-state index >= 15 is 0 Å². The fraction of sp³-hybridized carbons (Fsp3) is 0. The second-order valence-corrected chi connectivity index (χ2v) is 13.4. The van der Waals surface area contributed by atoms with Crippen LogP contribution in [-0.4, -0.2) is 134 Å². The summed E-state index contributed by atoms with van der Waals surface area (Å²) in [6.07, 6.45) is 0. The lowest BCUT2D eigenvalue weighted by atomic mass is 9.91. The average molecular weight is 862 g/mol. The Morgan fingerprint density at radius 2 is 0.419 bits per heavy atom. The molecule has 0 fully saturated rings. The summed E-state index contributed by atoms with van der Waals surface area (Å²) in [5.41, 5.74) is -12.3. The molecule has 0 atom stereocenters. The van der Waals surface area contributed by atoms with E-state index in [0.717, 1.165) is 0 Å². The van der Waals surface area contributed by atoms with Crippen LogP contribution in [0.4, 0.5) is 0 Å². The van der Waals surface area contributed by atoms with E-state index in [1.54, 1.807) is 0 Å². The van der Waals surface area contributed by atoms with E-state index < -0.39 is 204 Å². The lowest BCUT2D eigenvalue weighted by molar-refractivity contribution is 0.342. The van der Waals surface area contributed by atoms with Crippen molar-refractivity contribution in [1.82, 2.24) is 9.13 Å². The van der Waals surface area contributed by atoms with Crippen LogP contribution in [0.25, 0.3) is 66.1 Å². The van der Waals surface area contributed by atoms with Crippen molar-refractivity contribution >= 4 is 56.9 Å². The molecule has 0 unspecified atom stereocenters. The van der Waals surface area contributed by atoms with E-state index in [4.69, 9.17) is 7.85 Å². The molecule has 0 aliphatic carbocycles. The van der Waals surface area contributed by atoms with Gasteiger partial charge in [-0.15, -0.1) is 0 Å². The molecule has 8 aromatic rings. The van der Waals surface area contributed by atoms with E-state index in [2.05, 4.69) is 0 Å². The Bertz CT molecular complexity index is 3080. The maximum atomic E-state index is 11.7. The van der Waals surface area contributed by atoms with E-state index in [9.17, 15) is 117 Å². The highest BCUT2D eigenvalue weighted by atomic mass is 16.4. The number of aromatic nitrogens is 2. The zero-order chi connectivity index (χ0) is 45.9. The molecule has 6 aromatic carbocycles. The fourth-order valence-corrected chi connectivity index (χ4v) is 7.54. The van der Waals surface area contributed by atoms with Gasteiger partial charge in [-0.3, -0.25) is 9.13 Å². The van der Waals surface area contributed by atoms with Crippen LogP contribution in [0.15, 0.2) is 0 Å². The molecule has 26 heteroatoms. The Morgan fingerprint density at radius 3 is 0.710 bits per heavy atom. The van der Waals surface area contributed by atoms with Crippen molar-refractivity contribution in [3.8, 4) is 155 Å². The second kappa shape index (κ2) is 12.0. The molecule has 62 heavy (non-hydrogen) atoms. The normalized spacial score (nSPS) is 11.8. The highest BCUT2D eigenvalue weighted by Gasteiger charge is 2.41. The molecule has 318 valence electrons. The predicted octanol–water partition coefficient (Wildman–Crippen LogP) is 1.57. The molecule has 0 spiro atoms. The van der Waals surface area contributed by atoms with Crippen molar-refractivity contribution < 1.29 is 117 Å². The van der Waals surface area contributed by atoms with E-state index in [0.29, 0.717) is 0 Å². The van der Waals surface area contributed by atoms with Crippen LogP contribution in [-0.2, 0) is 0 Å². The van der Waals surface area contributed by atoms with Gasteiger partial charge in [0.25, 0.3) is 0 Å². The monoisotopic (exact) mass is 862 g/mol. The number of hydrogen-bond acceptors (Lipinski definition) is 23. The van der Waals surface area contributed by atoms with Gasteiger partial charge in [0.1, 0.15) is 47.0 Å². The van der Waals surface area contributed by atoms with Crippen molar-refractivity contribution in [2.75, 3.05) is 0 Å². The number of benzene rings is 6. The predicted molar refractivity (Wildman–Crippen MR) is 204 cm³/mol. The van der Waals surface area contributed by atoms with Gasteiger partial charge >= 0.3 is 0 Å². The van der Waals surface area contributed by atoms with Crippen LogP contribution in [0.5, 0.6) is 132 Å². The van der Waals surface area contributed by atoms with E-state index in [-0.39, 0.29) is 9.13 Å². The first kappa shape index (κ1) is 39.2. The van der Waals surface area contributed by atoms with Gasteiger partial charge in [-0.05, 0) is 5.46 Å². The van der Waals surface area contributed by atoms with Crippen molar-refractivity contribution in [2.45, 2.75) is 0 Å².